The maximum Gasteiger partial charge on any atom is 0.276 e. The van der Waals surface area contributed by atoms with E-state index in [9.17, 15) is 0 Å². The van der Waals surface area contributed by atoms with Crippen LogP contribution in [0.3, 0.4) is 0 Å². The van der Waals surface area contributed by atoms with Gasteiger partial charge in [-0.3, -0.25) is 0 Å². The topological polar surface area (TPSA) is 66.6 Å². The van der Waals surface area contributed by atoms with Crippen LogP contribution in [-0.2, 0) is 0 Å². The van der Waals surface area contributed by atoms with Crippen LogP contribution < -0.4 is 5.73 Å². The van der Waals surface area contributed by atoms with Crippen molar-refractivity contribution in [3.63, 3.8) is 0 Å². The molecule has 1 aromatic heterocycles. The molecule has 2 atom stereocenters. The second kappa shape index (κ2) is 4.62. The summed E-state index contributed by atoms with van der Waals surface area (Å²) < 4.78 is 5.40. The van der Waals surface area contributed by atoms with Crippen LogP contribution >= 0.6 is 11.8 Å². The lowest BCUT2D eigenvalue weighted by atomic mass is 10.0. The van der Waals surface area contributed by atoms with E-state index in [1.165, 1.54) is 11.8 Å². The fourth-order valence-electron chi connectivity index (χ4n) is 0.981. The third kappa shape index (κ3) is 2.45. The van der Waals surface area contributed by atoms with Gasteiger partial charge in [-0.05, 0) is 12.7 Å². The van der Waals surface area contributed by atoms with E-state index >= 15 is 0 Å². The molecule has 4 nitrogen and oxygen atoms in total. The highest BCUT2D eigenvalue weighted by molar-refractivity contribution is 7.98. The van der Waals surface area contributed by atoms with Gasteiger partial charge < -0.3 is 10.2 Å². The smallest absolute Gasteiger partial charge is 0.276 e. The molecule has 13 heavy (non-hydrogen) atoms. The van der Waals surface area contributed by atoms with Gasteiger partial charge in [0.05, 0.1) is 0 Å². The summed E-state index contributed by atoms with van der Waals surface area (Å²) in [5, 5.41) is 8.45. The predicted molar refractivity (Wildman–Crippen MR) is 51.2 cm³/mol. The van der Waals surface area contributed by atoms with E-state index in [0.29, 0.717) is 17.0 Å². The Hall–Kier alpha value is -0.550. The van der Waals surface area contributed by atoms with Crippen molar-refractivity contribution in [1.29, 1.82) is 0 Å². The zero-order valence-corrected chi connectivity index (χ0v) is 9.10. The van der Waals surface area contributed by atoms with Crippen LogP contribution in [0.1, 0.15) is 32.2 Å². The van der Waals surface area contributed by atoms with Gasteiger partial charge in [0.2, 0.25) is 0 Å². The minimum Gasteiger partial charge on any atom is -0.410 e. The molecular formula is C8H16N3OS+. The van der Waals surface area contributed by atoms with E-state index in [1.54, 1.807) is 0 Å². The van der Waals surface area contributed by atoms with Gasteiger partial charge >= 0.3 is 0 Å². The average molecular weight is 202 g/mol. The van der Waals surface area contributed by atoms with Gasteiger partial charge in [-0.15, -0.1) is 10.2 Å². The van der Waals surface area contributed by atoms with Gasteiger partial charge in [0, 0.05) is 5.92 Å². The molecule has 0 aromatic carbocycles. The Balaban J connectivity index is 2.70. The largest absolute Gasteiger partial charge is 0.410 e. The molecule has 1 rings (SSSR count). The molecule has 3 N–H and O–H groups in total. The van der Waals surface area contributed by atoms with Crippen LogP contribution in [0, 0.1) is 5.92 Å². The van der Waals surface area contributed by atoms with E-state index in [4.69, 9.17) is 4.42 Å². The molecular weight excluding hydrogens is 186 g/mol. The zero-order valence-electron chi connectivity index (χ0n) is 8.28. The molecule has 0 aliphatic carbocycles. The number of quaternary nitrogens is 1. The molecule has 1 aromatic rings. The fraction of sp³-hybridized carbons (Fsp3) is 0.750. The molecule has 0 unspecified atom stereocenters. The van der Waals surface area contributed by atoms with E-state index < -0.39 is 0 Å². The van der Waals surface area contributed by atoms with Gasteiger partial charge in [-0.2, -0.15) is 0 Å². The van der Waals surface area contributed by atoms with Crippen LogP contribution in [-0.4, -0.2) is 16.5 Å². The normalized spacial score (nSPS) is 15.7. The number of thioether (sulfide) groups is 1. The standard InChI is InChI=1S/C8H15N3OS/c1-4-5(2)6(9)7-10-11-8(12-7)13-3/h5-6H,4,9H2,1-3H3/p+1/t5-,6+/m1/s1. The van der Waals surface area contributed by atoms with E-state index in [0.717, 1.165) is 6.42 Å². The summed E-state index contributed by atoms with van der Waals surface area (Å²) in [6.07, 6.45) is 2.99. The number of hydrogen-bond donors (Lipinski definition) is 1. The second-order valence-corrected chi connectivity index (χ2v) is 3.86. The average Bonchev–Trinajstić information content (AvgIpc) is 2.63. The Morgan fingerprint density at radius 2 is 2.23 bits per heavy atom. The molecule has 5 heteroatoms. The van der Waals surface area contributed by atoms with Gasteiger partial charge in [0.15, 0.2) is 6.04 Å². The number of nitrogens with zero attached hydrogens (tertiary/aromatic N) is 2. The third-order valence-electron chi connectivity index (χ3n) is 2.24. The summed E-state index contributed by atoms with van der Waals surface area (Å²) in [6, 6.07) is 0.110. The maximum atomic E-state index is 5.40. The van der Waals surface area contributed by atoms with Crippen molar-refractivity contribution in [2.24, 2.45) is 5.92 Å². The molecule has 0 radical (unpaired) electrons. The molecule has 0 aliphatic heterocycles. The molecule has 0 amide bonds. The first-order chi connectivity index (χ1) is 6.19. The summed E-state index contributed by atoms with van der Waals surface area (Å²) in [4.78, 5) is 0. The molecule has 0 saturated heterocycles. The highest BCUT2D eigenvalue weighted by atomic mass is 32.2. The van der Waals surface area contributed by atoms with Gasteiger partial charge in [0.25, 0.3) is 11.1 Å². The van der Waals surface area contributed by atoms with Crippen molar-refractivity contribution >= 4 is 11.8 Å². The molecule has 0 saturated carbocycles. The van der Waals surface area contributed by atoms with Crippen molar-refractivity contribution in [3.8, 4) is 0 Å². The lowest BCUT2D eigenvalue weighted by Gasteiger charge is -2.09. The highest BCUT2D eigenvalue weighted by Gasteiger charge is 2.22. The number of rotatable bonds is 4. The van der Waals surface area contributed by atoms with Crippen molar-refractivity contribution in [2.45, 2.75) is 31.5 Å². The van der Waals surface area contributed by atoms with Crippen LogP contribution in [0.2, 0.25) is 0 Å². The van der Waals surface area contributed by atoms with Crippen molar-refractivity contribution in [2.75, 3.05) is 6.26 Å². The minimum absolute atomic E-state index is 0.110. The summed E-state index contributed by atoms with van der Waals surface area (Å²) in [5.41, 5.74) is 4.02. The van der Waals surface area contributed by atoms with Crippen molar-refractivity contribution in [1.82, 2.24) is 10.2 Å². The van der Waals surface area contributed by atoms with E-state index in [2.05, 4.69) is 29.8 Å². The predicted octanol–water partition coefficient (Wildman–Crippen LogP) is 1.12. The first-order valence-electron chi connectivity index (χ1n) is 4.39. The van der Waals surface area contributed by atoms with Crippen molar-refractivity contribution < 1.29 is 10.2 Å². The SMILES string of the molecule is CC[C@@H](C)[C@H]([NH3+])c1nnc(SC)o1. The fourth-order valence-corrected chi connectivity index (χ4v) is 1.27. The maximum absolute atomic E-state index is 5.40. The Bertz CT molecular complexity index is 264. The molecule has 1 heterocycles. The summed E-state index contributed by atoms with van der Waals surface area (Å²) >= 11 is 1.46. The van der Waals surface area contributed by atoms with Crippen LogP contribution in [0.5, 0.6) is 0 Å². The first-order valence-corrected chi connectivity index (χ1v) is 5.62. The lowest BCUT2D eigenvalue weighted by molar-refractivity contribution is -0.444. The number of aromatic nitrogens is 2. The molecule has 0 bridgehead atoms. The third-order valence-corrected chi connectivity index (χ3v) is 2.76. The Kier molecular flexibility index (Phi) is 3.74. The highest BCUT2D eigenvalue weighted by Crippen LogP contribution is 2.21. The van der Waals surface area contributed by atoms with Crippen LogP contribution in [0.15, 0.2) is 9.64 Å². The summed E-state index contributed by atoms with van der Waals surface area (Å²) in [6.45, 7) is 4.27. The molecule has 74 valence electrons. The van der Waals surface area contributed by atoms with Crippen molar-refractivity contribution in [3.05, 3.63) is 5.89 Å². The lowest BCUT2D eigenvalue weighted by Crippen LogP contribution is -2.56. The minimum atomic E-state index is 0.110. The van der Waals surface area contributed by atoms with E-state index in [1.807, 2.05) is 6.26 Å². The van der Waals surface area contributed by atoms with Crippen LogP contribution in [0.4, 0.5) is 0 Å². The van der Waals surface area contributed by atoms with Gasteiger partial charge in [-0.1, -0.05) is 25.6 Å². The Morgan fingerprint density at radius 3 is 2.69 bits per heavy atom. The molecule has 0 fully saturated rings. The number of hydrogen-bond acceptors (Lipinski definition) is 4. The van der Waals surface area contributed by atoms with Crippen LogP contribution in [0.25, 0.3) is 0 Å². The molecule has 0 spiro atoms. The van der Waals surface area contributed by atoms with Gasteiger partial charge in [0.1, 0.15) is 0 Å². The Labute approximate surface area is 82.3 Å². The quantitative estimate of drug-likeness (QED) is 0.743. The molecule has 0 aliphatic rings. The first kappa shape index (κ1) is 10.5. The monoisotopic (exact) mass is 202 g/mol. The second-order valence-electron chi connectivity index (χ2n) is 3.10. The summed E-state index contributed by atoms with van der Waals surface area (Å²) in [5.74, 6) is 1.13. The van der Waals surface area contributed by atoms with E-state index in [-0.39, 0.29) is 6.04 Å². The summed E-state index contributed by atoms with van der Waals surface area (Å²) in [7, 11) is 0. The van der Waals surface area contributed by atoms with Gasteiger partial charge in [-0.25, -0.2) is 0 Å². The Morgan fingerprint density at radius 1 is 1.54 bits per heavy atom. The zero-order chi connectivity index (χ0) is 9.84.